The fraction of sp³-hybridized carbons (Fsp3) is 0.400. The second-order valence-corrected chi connectivity index (χ2v) is 10.5. The molecule has 4 heterocycles. The molecule has 0 bridgehead atoms. The van der Waals surface area contributed by atoms with Gasteiger partial charge in [-0.2, -0.15) is 5.21 Å². The van der Waals surface area contributed by atoms with Crippen LogP contribution in [-0.4, -0.2) is 79.3 Å². The first-order chi connectivity index (χ1) is 16.5. The smallest absolute Gasteiger partial charge is 0.239 e. The molecule has 0 spiro atoms. The van der Waals surface area contributed by atoms with Crippen LogP contribution >= 0.6 is 11.9 Å². The van der Waals surface area contributed by atoms with Gasteiger partial charge in [0.25, 0.3) is 0 Å². The van der Waals surface area contributed by atoms with Crippen molar-refractivity contribution in [3.05, 3.63) is 30.5 Å². The molecule has 34 heavy (non-hydrogen) atoms. The third kappa shape index (κ3) is 4.78. The number of rotatable bonds is 7. The number of nitrogens with two attached hydrogens (primary N) is 1. The molecule has 0 amide bonds. The number of H-pyrrole nitrogens is 1. The number of primary sulfonamides is 1. The number of piperazine rings is 1. The first-order valence-corrected chi connectivity index (χ1v) is 13.4. The molecule has 2 saturated heterocycles. The highest BCUT2D eigenvalue weighted by Gasteiger charge is 2.29. The minimum atomic E-state index is -4.15. The van der Waals surface area contributed by atoms with Crippen molar-refractivity contribution in [1.82, 2.24) is 41.0 Å². The molecule has 12 nitrogen and oxygen atoms in total. The van der Waals surface area contributed by atoms with Crippen molar-refractivity contribution in [1.29, 1.82) is 0 Å². The Morgan fingerprint density at radius 1 is 1.12 bits per heavy atom. The lowest BCUT2D eigenvalue weighted by Gasteiger charge is -2.30. The van der Waals surface area contributed by atoms with Gasteiger partial charge in [0.05, 0.1) is 5.56 Å². The van der Waals surface area contributed by atoms with Gasteiger partial charge in [0.1, 0.15) is 10.7 Å². The van der Waals surface area contributed by atoms with E-state index in [1.165, 1.54) is 11.9 Å². The number of pyridine rings is 1. The number of hydrogen-bond acceptors (Lipinski definition) is 11. The first-order valence-electron chi connectivity index (χ1n) is 11.0. The van der Waals surface area contributed by atoms with Gasteiger partial charge in [0, 0.05) is 55.4 Å². The van der Waals surface area contributed by atoms with Crippen LogP contribution in [0.4, 0.5) is 5.82 Å². The van der Waals surface area contributed by atoms with E-state index in [9.17, 15) is 8.42 Å². The van der Waals surface area contributed by atoms with E-state index in [0.717, 1.165) is 57.1 Å². The topological polar surface area (TPSA) is 167 Å². The lowest BCUT2D eigenvalue weighted by Crippen LogP contribution is -2.44. The molecule has 5 rings (SSSR count). The molecular weight excluding hydrogens is 476 g/mol. The second-order valence-electron chi connectivity index (χ2n) is 8.12. The van der Waals surface area contributed by atoms with Crippen LogP contribution in [0.2, 0.25) is 0 Å². The van der Waals surface area contributed by atoms with E-state index in [2.05, 4.69) is 45.9 Å². The summed E-state index contributed by atoms with van der Waals surface area (Å²) in [5, 5.41) is 26.7. The molecular formula is C20H26N10O2S2. The average Bonchev–Trinajstić information content (AvgIpc) is 3.57. The Hall–Kier alpha value is -2.62. The van der Waals surface area contributed by atoms with Crippen molar-refractivity contribution in [3.8, 4) is 22.5 Å². The Labute approximate surface area is 201 Å². The molecule has 14 heteroatoms. The summed E-state index contributed by atoms with van der Waals surface area (Å²) in [5.74, 6) is 0.920. The monoisotopic (exact) mass is 502 g/mol. The lowest BCUT2D eigenvalue weighted by atomic mass is 9.99. The molecule has 3 aromatic rings. The minimum absolute atomic E-state index is 0.0371. The number of nitrogens with one attached hydrogen (secondary N) is 4. The molecule has 2 aromatic heterocycles. The van der Waals surface area contributed by atoms with E-state index in [4.69, 9.17) is 5.14 Å². The second kappa shape index (κ2) is 9.93. The number of benzene rings is 1. The number of anilines is 1. The Bertz CT molecular complexity index is 1240. The summed E-state index contributed by atoms with van der Waals surface area (Å²) in [6.45, 7) is 4.99. The highest BCUT2D eigenvalue weighted by Crippen LogP contribution is 2.42. The van der Waals surface area contributed by atoms with E-state index in [1.807, 2.05) is 18.2 Å². The van der Waals surface area contributed by atoms with Crippen LogP contribution < -0.4 is 25.4 Å². The third-order valence-corrected chi connectivity index (χ3v) is 8.00. The number of nitrogens with zero attached hydrogens (tertiary/aromatic N) is 5. The Morgan fingerprint density at radius 3 is 2.68 bits per heavy atom. The maximum Gasteiger partial charge on any atom is 0.239 e. The van der Waals surface area contributed by atoms with Crippen molar-refractivity contribution in [2.75, 3.05) is 44.2 Å². The molecule has 6 N–H and O–H groups in total. The van der Waals surface area contributed by atoms with Crippen LogP contribution in [0.1, 0.15) is 6.42 Å². The Morgan fingerprint density at radius 2 is 1.97 bits per heavy atom. The maximum absolute atomic E-state index is 12.9. The largest absolute Gasteiger partial charge is 0.354 e. The van der Waals surface area contributed by atoms with Crippen molar-refractivity contribution in [3.63, 3.8) is 0 Å². The minimum Gasteiger partial charge on any atom is -0.354 e. The summed E-state index contributed by atoms with van der Waals surface area (Å²) in [5.41, 5.74) is 1.70. The molecule has 0 aliphatic carbocycles. The molecule has 2 aliphatic rings. The summed E-state index contributed by atoms with van der Waals surface area (Å²) in [7, 11) is -4.15. The van der Waals surface area contributed by atoms with Gasteiger partial charge in [-0.3, -0.25) is 4.72 Å². The van der Waals surface area contributed by atoms with E-state index < -0.39 is 10.0 Å². The van der Waals surface area contributed by atoms with Gasteiger partial charge in [-0.25, -0.2) is 18.5 Å². The van der Waals surface area contributed by atoms with Gasteiger partial charge in [-0.15, -0.1) is 10.2 Å². The molecule has 1 aromatic carbocycles. The third-order valence-electron chi connectivity index (χ3n) is 5.86. The number of aromatic nitrogens is 5. The van der Waals surface area contributed by atoms with E-state index in [-0.39, 0.29) is 16.8 Å². The number of hydrogen-bond donors (Lipinski definition) is 5. The van der Waals surface area contributed by atoms with Gasteiger partial charge in [-0.1, -0.05) is 6.07 Å². The van der Waals surface area contributed by atoms with Crippen LogP contribution in [0.15, 0.2) is 40.3 Å². The number of tetrazole rings is 1. The van der Waals surface area contributed by atoms with E-state index >= 15 is 0 Å². The summed E-state index contributed by atoms with van der Waals surface area (Å²) in [6, 6.07) is 7.62. The zero-order valence-corrected chi connectivity index (χ0v) is 20.0. The van der Waals surface area contributed by atoms with Crippen LogP contribution in [0.25, 0.3) is 22.5 Å². The number of sulfonamides is 1. The molecule has 1 atom stereocenters. The molecule has 180 valence electrons. The van der Waals surface area contributed by atoms with E-state index in [0.29, 0.717) is 16.0 Å². The standard InChI is InChI=1S/C20H26N10O2S2/c21-34(31,32)18-16(33-27-13-5-7-23-12-13)4-3-14(17(18)19-25-28-29-26-19)15-2-1-6-24-20(15)30-10-8-22-9-11-30/h1-4,6,13,22-23,27H,5,7-12H2,(H2,21,31,32)(H,25,26,28,29)/t13-/m1/s1. The van der Waals surface area contributed by atoms with Crippen molar-refractivity contribution in [2.24, 2.45) is 5.14 Å². The highest BCUT2D eigenvalue weighted by molar-refractivity contribution is 7.98. The number of aromatic amines is 1. The predicted octanol–water partition coefficient (Wildman–Crippen LogP) is -0.0557. The first kappa shape index (κ1) is 23.1. The molecule has 0 saturated carbocycles. The van der Waals surface area contributed by atoms with Crippen LogP contribution in [-0.2, 0) is 10.0 Å². The zero-order chi connectivity index (χ0) is 23.5. The molecule has 2 fully saturated rings. The summed E-state index contributed by atoms with van der Waals surface area (Å²) in [6.07, 6.45) is 2.69. The summed E-state index contributed by atoms with van der Waals surface area (Å²) >= 11 is 1.25. The van der Waals surface area contributed by atoms with Crippen LogP contribution in [0.3, 0.4) is 0 Å². The van der Waals surface area contributed by atoms with Gasteiger partial charge in [0.2, 0.25) is 15.8 Å². The normalized spacial score (nSPS) is 19.0. The Balaban J connectivity index is 1.67. The quantitative estimate of drug-likeness (QED) is 0.275. The summed E-state index contributed by atoms with van der Waals surface area (Å²) in [4.78, 5) is 7.25. The van der Waals surface area contributed by atoms with Gasteiger partial charge < -0.3 is 15.5 Å². The van der Waals surface area contributed by atoms with Crippen LogP contribution in [0, 0.1) is 0 Å². The predicted molar refractivity (Wildman–Crippen MR) is 130 cm³/mol. The van der Waals surface area contributed by atoms with E-state index in [1.54, 1.807) is 12.3 Å². The average molecular weight is 503 g/mol. The zero-order valence-electron chi connectivity index (χ0n) is 18.4. The lowest BCUT2D eigenvalue weighted by molar-refractivity contribution is 0.585. The fourth-order valence-corrected chi connectivity index (χ4v) is 6.41. The molecule has 2 aliphatic heterocycles. The SMILES string of the molecule is NS(=O)(=O)c1c(SN[C@@H]2CCNC2)ccc(-c2cccnc2N2CCNCC2)c1-c1nn[nH]n1. The van der Waals surface area contributed by atoms with Gasteiger partial charge >= 0.3 is 0 Å². The van der Waals surface area contributed by atoms with Crippen molar-refractivity contribution < 1.29 is 8.42 Å². The highest BCUT2D eigenvalue weighted by atomic mass is 32.2. The summed E-state index contributed by atoms with van der Waals surface area (Å²) < 4.78 is 29.2. The van der Waals surface area contributed by atoms with Gasteiger partial charge in [-0.05, 0) is 53.9 Å². The Kier molecular flexibility index (Phi) is 6.76. The van der Waals surface area contributed by atoms with Crippen molar-refractivity contribution >= 4 is 27.8 Å². The molecule has 0 unspecified atom stereocenters. The van der Waals surface area contributed by atoms with Crippen LogP contribution in [0.5, 0.6) is 0 Å². The maximum atomic E-state index is 12.9. The van der Waals surface area contributed by atoms with Gasteiger partial charge in [0.15, 0.2) is 0 Å². The fourth-order valence-electron chi connectivity index (χ4n) is 4.28. The molecule has 0 radical (unpaired) electrons. The van der Waals surface area contributed by atoms with Crippen molar-refractivity contribution in [2.45, 2.75) is 22.3 Å².